The van der Waals surface area contributed by atoms with E-state index in [4.69, 9.17) is 14.6 Å². The average molecular weight is 514 g/mol. The van der Waals surface area contributed by atoms with Crippen LogP contribution in [0.15, 0.2) is 69.0 Å². The van der Waals surface area contributed by atoms with E-state index < -0.39 is 30.2 Å². The number of halogens is 4. The number of nitrogens with zero attached hydrogens (tertiary/aromatic N) is 1. The van der Waals surface area contributed by atoms with E-state index in [-0.39, 0.29) is 5.75 Å². The van der Waals surface area contributed by atoms with Crippen molar-refractivity contribution in [3.63, 3.8) is 0 Å². The molecule has 1 heterocycles. The molecule has 31 heavy (non-hydrogen) atoms. The number of carbonyl (C=O) groups is 1. The van der Waals surface area contributed by atoms with Gasteiger partial charge in [0.15, 0.2) is 6.61 Å². The van der Waals surface area contributed by atoms with Crippen molar-refractivity contribution in [1.29, 1.82) is 0 Å². The van der Waals surface area contributed by atoms with Crippen molar-refractivity contribution >= 4 is 33.7 Å². The van der Waals surface area contributed by atoms with Gasteiger partial charge in [0.05, 0.1) is 0 Å². The summed E-state index contributed by atoms with van der Waals surface area (Å²) < 4.78 is 50.8. The zero-order chi connectivity index (χ0) is 22.6. The van der Waals surface area contributed by atoms with Gasteiger partial charge in [0, 0.05) is 20.5 Å². The summed E-state index contributed by atoms with van der Waals surface area (Å²) in [7, 11) is 0. The normalized spacial score (nSPS) is 11.3. The molecule has 10 heteroatoms. The van der Waals surface area contributed by atoms with Crippen LogP contribution >= 0.6 is 27.7 Å². The molecule has 0 aliphatic rings. The Morgan fingerprint density at radius 2 is 1.94 bits per heavy atom. The number of carboxylic acid groups (broad SMARTS) is 1. The van der Waals surface area contributed by atoms with Crippen molar-refractivity contribution in [1.82, 2.24) is 4.98 Å². The number of carboxylic acids is 1. The highest BCUT2D eigenvalue weighted by atomic mass is 79.9. The molecule has 0 bridgehead atoms. The van der Waals surface area contributed by atoms with E-state index in [1.54, 1.807) is 37.3 Å². The molecule has 0 aliphatic carbocycles. The number of pyridine rings is 1. The SMILES string of the molecule is Cc1cc(Sc2cc(Br)cc(Oc3ncccc3C(F)(F)F)c2)ccc1OCC(=O)O. The summed E-state index contributed by atoms with van der Waals surface area (Å²) in [5, 5.41) is 8.72. The van der Waals surface area contributed by atoms with Crippen LogP contribution in [0.5, 0.6) is 17.4 Å². The first-order chi connectivity index (χ1) is 14.6. The van der Waals surface area contributed by atoms with Gasteiger partial charge in [-0.1, -0.05) is 27.7 Å². The molecule has 0 atom stereocenters. The maximum absolute atomic E-state index is 13.2. The summed E-state index contributed by atoms with van der Waals surface area (Å²) in [5.41, 5.74) is -0.210. The largest absolute Gasteiger partial charge is 0.482 e. The van der Waals surface area contributed by atoms with E-state index in [9.17, 15) is 18.0 Å². The number of ether oxygens (including phenoxy) is 2. The van der Waals surface area contributed by atoms with Crippen molar-refractivity contribution < 1.29 is 32.5 Å². The van der Waals surface area contributed by atoms with E-state index in [0.717, 1.165) is 16.5 Å². The molecular formula is C21H15BrF3NO4S. The van der Waals surface area contributed by atoms with Gasteiger partial charge in [0.25, 0.3) is 0 Å². The lowest BCUT2D eigenvalue weighted by Gasteiger charge is -2.13. The third-order valence-electron chi connectivity index (χ3n) is 3.87. The molecule has 0 aliphatic heterocycles. The smallest absolute Gasteiger partial charge is 0.421 e. The van der Waals surface area contributed by atoms with Crippen LogP contribution in [0.3, 0.4) is 0 Å². The predicted molar refractivity (Wildman–Crippen MR) is 112 cm³/mol. The van der Waals surface area contributed by atoms with Crippen LogP contribution in [-0.4, -0.2) is 22.7 Å². The van der Waals surface area contributed by atoms with Crippen LogP contribution < -0.4 is 9.47 Å². The van der Waals surface area contributed by atoms with Crippen molar-refractivity contribution in [3.8, 4) is 17.4 Å². The summed E-state index contributed by atoms with van der Waals surface area (Å²) in [6, 6.07) is 12.3. The fourth-order valence-corrected chi connectivity index (χ4v) is 4.21. The van der Waals surface area contributed by atoms with Gasteiger partial charge in [-0.25, -0.2) is 9.78 Å². The zero-order valence-electron chi connectivity index (χ0n) is 15.9. The van der Waals surface area contributed by atoms with E-state index >= 15 is 0 Å². The summed E-state index contributed by atoms with van der Waals surface area (Å²) in [4.78, 5) is 15.9. The van der Waals surface area contributed by atoms with E-state index in [0.29, 0.717) is 15.1 Å². The number of alkyl halides is 3. The molecule has 0 saturated heterocycles. The van der Waals surface area contributed by atoms with Crippen LogP contribution in [0.1, 0.15) is 11.1 Å². The third kappa shape index (κ3) is 6.38. The molecule has 0 unspecified atom stereocenters. The minimum absolute atomic E-state index is 0.194. The van der Waals surface area contributed by atoms with Crippen LogP contribution in [0.25, 0.3) is 0 Å². The Kier molecular flexibility index (Phi) is 7.11. The molecule has 0 amide bonds. The van der Waals surface area contributed by atoms with E-state index in [1.807, 2.05) is 6.07 Å². The average Bonchev–Trinajstić information content (AvgIpc) is 2.66. The molecule has 3 aromatic rings. The molecule has 0 radical (unpaired) electrons. The highest BCUT2D eigenvalue weighted by Crippen LogP contribution is 2.39. The quantitative estimate of drug-likeness (QED) is 0.384. The van der Waals surface area contributed by atoms with E-state index in [2.05, 4.69) is 20.9 Å². The third-order valence-corrected chi connectivity index (χ3v) is 5.29. The second-order valence-corrected chi connectivity index (χ2v) is 8.35. The minimum atomic E-state index is -4.59. The Bertz CT molecular complexity index is 1110. The number of benzene rings is 2. The molecule has 1 N–H and O–H groups in total. The molecule has 0 fully saturated rings. The number of aryl methyl sites for hydroxylation is 1. The van der Waals surface area contributed by atoms with E-state index in [1.165, 1.54) is 24.0 Å². The van der Waals surface area contributed by atoms with Gasteiger partial charge in [-0.2, -0.15) is 13.2 Å². The molecular weight excluding hydrogens is 499 g/mol. The summed E-state index contributed by atoms with van der Waals surface area (Å²) in [5.74, 6) is -0.944. The number of aromatic nitrogens is 1. The first-order valence-electron chi connectivity index (χ1n) is 8.75. The van der Waals surface area contributed by atoms with Gasteiger partial charge in [0.1, 0.15) is 17.1 Å². The second kappa shape index (κ2) is 9.61. The van der Waals surface area contributed by atoms with Crippen molar-refractivity contribution in [2.24, 2.45) is 0 Å². The predicted octanol–water partition coefficient (Wildman–Crippen LogP) is 6.58. The summed E-state index contributed by atoms with van der Waals surface area (Å²) in [6.45, 7) is 1.35. The van der Waals surface area contributed by atoms with Crippen LogP contribution in [0.2, 0.25) is 0 Å². The summed E-state index contributed by atoms with van der Waals surface area (Å²) in [6.07, 6.45) is -3.36. The summed E-state index contributed by atoms with van der Waals surface area (Å²) >= 11 is 4.71. The van der Waals surface area contributed by atoms with Crippen molar-refractivity contribution in [2.45, 2.75) is 22.9 Å². The Hall–Kier alpha value is -2.72. The lowest BCUT2D eigenvalue weighted by Crippen LogP contribution is -2.09. The van der Waals surface area contributed by atoms with Gasteiger partial charge < -0.3 is 14.6 Å². The second-order valence-electron chi connectivity index (χ2n) is 6.29. The minimum Gasteiger partial charge on any atom is -0.482 e. The van der Waals surface area contributed by atoms with Gasteiger partial charge in [-0.3, -0.25) is 0 Å². The van der Waals surface area contributed by atoms with Crippen molar-refractivity contribution in [3.05, 3.63) is 70.3 Å². The Labute approximate surface area is 188 Å². The fourth-order valence-electron chi connectivity index (χ4n) is 2.58. The molecule has 1 aromatic heterocycles. The number of hydrogen-bond donors (Lipinski definition) is 1. The zero-order valence-corrected chi connectivity index (χ0v) is 18.3. The molecule has 0 saturated carbocycles. The number of rotatable bonds is 7. The number of hydrogen-bond acceptors (Lipinski definition) is 5. The highest BCUT2D eigenvalue weighted by molar-refractivity contribution is 9.10. The van der Waals surface area contributed by atoms with Crippen LogP contribution in [0, 0.1) is 6.92 Å². The maximum Gasteiger partial charge on any atom is 0.421 e. The number of aliphatic carboxylic acids is 1. The molecule has 162 valence electrons. The Morgan fingerprint density at radius 3 is 2.61 bits per heavy atom. The van der Waals surface area contributed by atoms with Crippen molar-refractivity contribution in [2.75, 3.05) is 6.61 Å². The Balaban J connectivity index is 1.81. The lowest BCUT2D eigenvalue weighted by molar-refractivity contribution is -0.140. The first kappa shape index (κ1) is 23.0. The lowest BCUT2D eigenvalue weighted by atomic mass is 10.2. The topological polar surface area (TPSA) is 68.7 Å². The molecule has 2 aromatic carbocycles. The van der Waals surface area contributed by atoms with Gasteiger partial charge in [0.2, 0.25) is 5.88 Å². The van der Waals surface area contributed by atoms with Gasteiger partial charge >= 0.3 is 12.1 Å². The molecule has 0 spiro atoms. The molecule has 5 nitrogen and oxygen atoms in total. The first-order valence-corrected chi connectivity index (χ1v) is 10.4. The van der Waals surface area contributed by atoms with Gasteiger partial charge in [-0.15, -0.1) is 0 Å². The monoisotopic (exact) mass is 513 g/mol. The molecule has 3 rings (SSSR count). The fraction of sp³-hybridized carbons (Fsp3) is 0.143. The van der Waals surface area contributed by atoms with Crippen LogP contribution in [0.4, 0.5) is 13.2 Å². The standard InChI is InChI=1S/C21H15BrF3NO4S/c1-12-7-15(4-5-18(12)29-11-19(27)28)31-16-9-13(22)8-14(10-16)30-20-17(21(23,24)25)3-2-6-26-20/h2-10H,11H2,1H3,(H,27,28). The Morgan fingerprint density at radius 1 is 1.16 bits per heavy atom. The van der Waals surface area contributed by atoms with Gasteiger partial charge in [-0.05, 0) is 61.0 Å². The van der Waals surface area contributed by atoms with Crippen LogP contribution in [-0.2, 0) is 11.0 Å². The highest BCUT2D eigenvalue weighted by Gasteiger charge is 2.35. The maximum atomic E-state index is 13.2.